The lowest BCUT2D eigenvalue weighted by Gasteiger charge is -2.18. The zero-order valence-corrected chi connectivity index (χ0v) is 9.07. The van der Waals surface area contributed by atoms with Gasteiger partial charge >= 0.3 is 5.97 Å². The maximum atomic E-state index is 11.9. The molecule has 1 unspecified atom stereocenters. The van der Waals surface area contributed by atoms with Crippen LogP contribution in [-0.2, 0) is 9.59 Å². The molecule has 1 atom stereocenters. The number of hydrogen-bond donors (Lipinski definition) is 1. The highest BCUT2D eigenvalue weighted by atomic mass is 32.1. The Morgan fingerprint density at radius 2 is 2.25 bits per heavy atom. The Morgan fingerprint density at radius 3 is 2.81 bits per heavy atom. The minimum absolute atomic E-state index is 0.119. The van der Waals surface area contributed by atoms with E-state index in [-0.39, 0.29) is 12.8 Å². The molecule has 0 saturated carbocycles. The van der Waals surface area contributed by atoms with Gasteiger partial charge in [-0.25, -0.2) is 4.79 Å². The second-order valence-corrected chi connectivity index (χ2v) is 4.39. The van der Waals surface area contributed by atoms with Crippen LogP contribution < -0.4 is 0 Å². The van der Waals surface area contributed by atoms with E-state index in [1.807, 2.05) is 0 Å². The fourth-order valence-corrected chi connectivity index (χ4v) is 2.35. The maximum absolute atomic E-state index is 11.9. The lowest BCUT2D eigenvalue weighted by Crippen LogP contribution is -2.42. The van der Waals surface area contributed by atoms with Crippen molar-refractivity contribution in [1.29, 1.82) is 0 Å². The molecule has 2 rings (SSSR count). The Hall–Kier alpha value is -1.69. The second-order valence-electron chi connectivity index (χ2n) is 3.44. The molecular formula is C10H9NO4S. The molecule has 2 amide bonds. The molecule has 6 heteroatoms. The van der Waals surface area contributed by atoms with Crippen LogP contribution in [-0.4, -0.2) is 33.8 Å². The summed E-state index contributed by atoms with van der Waals surface area (Å²) in [4.78, 5) is 35.5. The zero-order chi connectivity index (χ0) is 11.7. The zero-order valence-electron chi connectivity index (χ0n) is 8.25. The summed E-state index contributed by atoms with van der Waals surface area (Å²) >= 11 is 1.20. The fourth-order valence-electron chi connectivity index (χ4n) is 1.69. The number of imide groups is 1. The van der Waals surface area contributed by atoms with Gasteiger partial charge in [-0.3, -0.25) is 14.5 Å². The average molecular weight is 239 g/mol. The van der Waals surface area contributed by atoms with E-state index in [2.05, 4.69) is 0 Å². The Balaban J connectivity index is 2.27. The van der Waals surface area contributed by atoms with Crippen molar-refractivity contribution in [1.82, 2.24) is 4.90 Å². The summed E-state index contributed by atoms with van der Waals surface area (Å²) in [5, 5.41) is 10.6. The van der Waals surface area contributed by atoms with E-state index in [1.165, 1.54) is 11.3 Å². The molecule has 1 aromatic heterocycles. The van der Waals surface area contributed by atoms with Crippen molar-refractivity contribution in [2.75, 3.05) is 0 Å². The van der Waals surface area contributed by atoms with Crippen molar-refractivity contribution in [3.8, 4) is 0 Å². The summed E-state index contributed by atoms with van der Waals surface area (Å²) in [7, 11) is 0. The number of carboxylic acids is 1. The molecule has 0 spiro atoms. The van der Waals surface area contributed by atoms with Crippen molar-refractivity contribution in [2.45, 2.75) is 18.9 Å². The first-order valence-electron chi connectivity index (χ1n) is 4.74. The number of carbonyl (C=O) groups excluding carboxylic acids is 2. The molecule has 1 aliphatic heterocycles. The van der Waals surface area contributed by atoms with Gasteiger partial charge < -0.3 is 5.11 Å². The first-order chi connectivity index (χ1) is 7.61. The van der Waals surface area contributed by atoms with Crippen LogP contribution in [0.1, 0.15) is 22.5 Å². The van der Waals surface area contributed by atoms with Crippen LogP contribution in [0.2, 0.25) is 0 Å². The summed E-state index contributed by atoms with van der Waals surface area (Å²) in [6, 6.07) is 2.26. The summed E-state index contributed by atoms with van der Waals surface area (Å²) in [6.07, 6.45) is 0.319. The van der Waals surface area contributed by atoms with Crippen molar-refractivity contribution in [3.05, 3.63) is 22.4 Å². The summed E-state index contributed by atoms with van der Waals surface area (Å²) in [5.41, 5.74) is 0. The van der Waals surface area contributed by atoms with Gasteiger partial charge in [0, 0.05) is 6.42 Å². The van der Waals surface area contributed by atoms with Crippen LogP contribution in [0.15, 0.2) is 17.5 Å². The number of likely N-dealkylation sites (tertiary alicyclic amines) is 1. The van der Waals surface area contributed by atoms with Crippen molar-refractivity contribution >= 4 is 29.1 Å². The highest BCUT2D eigenvalue weighted by Crippen LogP contribution is 2.23. The van der Waals surface area contributed by atoms with Gasteiger partial charge in [0.1, 0.15) is 6.04 Å². The quantitative estimate of drug-likeness (QED) is 0.780. The SMILES string of the molecule is O=C(O)C1CCC(=O)N1C(=O)c1cccs1. The Kier molecular flexibility index (Phi) is 2.74. The number of nitrogens with zero attached hydrogens (tertiary/aromatic N) is 1. The van der Waals surface area contributed by atoms with Gasteiger partial charge in [-0.2, -0.15) is 0 Å². The van der Waals surface area contributed by atoms with Gasteiger partial charge in [0.05, 0.1) is 4.88 Å². The van der Waals surface area contributed by atoms with E-state index in [9.17, 15) is 14.4 Å². The molecule has 0 bridgehead atoms. The molecule has 0 radical (unpaired) electrons. The van der Waals surface area contributed by atoms with Gasteiger partial charge in [-0.1, -0.05) is 6.07 Å². The summed E-state index contributed by atoms with van der Waals surface area (Å²) in [5.74, 6) is -2.05. The largest absolute Gasteiger partial charge is 0.480 e. The van der Waals surface area contributed by atoms with E-state index in [1.54, 1.807) is 17.5 Å². The lowest BCUT2D eigenvalue weighted by molar-refractivity contribution is -0.144. The van der Waals surface area contributed by atoms with E-state index in [0.717, 1.165) is 4.90 Å². The Morgan fingerprint density at radius 1 is 1.50 bits per heavy atom. The summed E-state index contributed by atoms with van der Waals surface area (Å²) in [6.45, 7) is 0. The lowest BCUT2D eigenvalue weighted by atomic mass is 10.2. The van der Waals surface area contributed by atoms with Crippen LogP contribution in [0, 0.1) is 0 Å². The number of carbonyl (C=O) groups is 3. The molecule has 84 valence electrons. The predicted octanol–water partition coefficient (Wildman–Crippen LogP) is 0.964. The molecule has 16 heavy (non-hydrogen) atoms. The molecule has 1 aliphatic rings. The van der Waals surface area contributed by atoms with Gasteiger partial charge in [-0.15, -0.1) is 11.3 Å². The third-order valence-electron chi connectivity index (χ3n) is 2.45. The molecule has 1 fully saturated rings. The van der Waals surface area contributed by atoms with Crippen LogP contribution in [0.3, 0.4) is 0 Å². The molecule has 2 heterocycles. The average Bonchev–Trinajstić information content (AvgIpc) is 2.84. The maximum Gasteiger partial charge on any atom is 0.326 e. The molecule has 1 aromatic rings. The molecule has 5 nitrogen and oxygen atoms in total. The van der Waals surface area contributed by atoms with Crippen LogP contribution in [0.4, 0.5) is 0 Å². The van der Waals surface area contributed by atoms with Crippen LogP contribution >= 0.6 is 11.3 Å². The van der Waals surface area contributed by atoms with Gasteiger partial charge in [-0.05, 0) is 17.9 Å². The molecule has 0 aliphatic carbocycles. The minimum atomic E-state index is -1.13. The van der Waals surface area contributed by atoms with E-state index >= 15 is 0 Å². The third-order valence-corrected chi connectivity index (χ3v) is 3.31. The Bertz CT molecular complexity index is 440. The van der Waals surface area contributed by atoms with Gasteiger partial charge in [0.2, 0.25) is 5.91 Å². The fraction of sp³-hybridized carbons (Fsp3) is 0.300. The monoisotopic (exact) mass is 239 g/mol. The van der Waals surface area contributed by atoms with Crippen LogP contribution in [0.5, 0.6) is 0 Å². The van der Waals surface area contributed by atoms with Gasteiger partial charge in [0.15, 0.2) is 0 Å². The highest BCUT2D eigenvalue weighted by molar-refractivity contribution is 7.12. The molecule has 1 N–H and O–H groups in total. The topological polar surface area (TPSA) is 74.7 Å². The standard InChI is InChI=1S/C10H9NO4S/c12-8-4-3-6(10(14)15)11(8)9(13)7-2-1-5-16-7/h1-2,5-6H,3-4H2,(H,14,15). The smallest absolute Gasteiger partial charge is 0.326 e. The third kappa shape index (κ3) is 1.71. The number of carboxylic acid groups (broad SMARTS) is 1. The number of aliphatic carboxylic acids is 1. The number of amides is 2. The predicted molar refractivity (Wildman–Crippen MR) is 56.2 cm³/mol. The first kappa shape index (κ1) is 10.8. The second kappa shape index (κ2) is 4.05. The van der Waals surface area contributed by atoms with Crippen molar-refractivity contribution in [2.24, 2.45) is 0 Å². The normalized spacial score (nSPS) is 20.1. The van der Waals surface area contributed by atoms with Crippen LogP contribution in [0.25, 0.3) is 0 Å². The highest BCUT2D eigenvalue weighted by Gasteiger charge is 2.40. The van der Waals surface area contributed by atoms with Crippen molar-refractivity contribution in [3.63, 3.8) is 0 Å². The minimum Gasteiger partial charge on any atom is -0.480 e. The number of rotatable bonds is 2. The van der Waals surface area contributed by atoms with Crippen molar-refractivity contribution < 1.29 is 19.5 Å². The molecule has 1 saturated heterocycles. The van der Waals surface area contributed by atoms with Gasteiger partial charge in [0.25, 0.3) is 5.91 Å². The molecule has 0 aromatic carbocycles. The van der Waals surface area contributed by atoms with E-state index in [0.29, 0.717) is 4.88 Å². The van der Waals surface area contributed by atoms with E-state index < -0.39 is 23.8 Å². The first-order valence-corrected chi connectivity index (χ1v) is 5.62. The number of thiophene rings is 1. The number of hydrogen-bond acceptors (Lipinski definition) is 4. The summed E-state index contributed by atoms with van der Waals surface area (Å²) < 4.78 is 0. The Labute approximate surface area is 95.3 Å². The molecular weight excluding hydrogens is 230 g/mol. The van der Waals surface area contributed by atoms with E-state index in [4.69, 9.17) is 5.11 Å².